The molecule has 0 radical (unpaired) electrons. The summed E-state index contributed by atoms with van der Waals surface area (Å²) in [6.07, 6.45) is 1.81. The van der Waals surface area contributed by atoms with E-state index in [0.29, 0.717) is 35.1 Å². The second kappa shape index (κ2) is 11.6. The molecule has 1 saturated heterocycles. The molecule has 3 aromatic carbocycles. The van der Waals surface area contributed by atoms with Gasteiger partial charge in [-0.1, -0.05) is 67.9 Å². The molecule has 186 valence electrons. The SMILES string of the molecule is CC(C)C(C(=O)OC(C#N)(c1cccc(Oc2ccccc2)c1)C1CCCCO1)c1ccc(Cl)cc1. The normalized spacial score (nSPS) is 18.0. The van der Waals surface area contributed by atoms with Crippen LogP contribution in [-0.4, -0.2) is 18.7 Å². The minimum Gasteiger partial charge on any atom is -0.457 e. The molecular weight excluding hydrogens is 474 g/mol. The number of esters is 1. The van der Waals surface area contributed by atoms with Crippen LogP contribution in [0.25, 0.3) is 0 Å². The number of carbonyl (C=O) groups is 1. The number of carbonyl (C=O) groups excluding carboxylic acids is 1. The molecule has 0 saturated carbocycles. The van der Waals surface area contributed by atoms with Gasteiger partial charge in [0.05, 0.1) is 5.92 Å². The van der Waals surface area contributed by atoms with Crippen molar-refractivity contribution in [2.75, 3.05) is 6.61 Å². The van der Waals surface area contributed by atoms with E-state index in [9.17, 15) is 10.1 Å². The van der Waals surface area contributed by atoms with E-state index in [4.69, 9.17) is 25.8 Å². The summed E-state index contributed by atoms with van der Waals surface area (Å²) in [4.78, 5) is 13.7. The van der Waals surface area contributed by atoms with Gasteiger partial charge in [-0.05, 0) is 67.1 Å². The summed E-state index contributed by atoms with van der Waals surface area (Å²) in [7, 11) is 0. The van der Waals surface area contributed by atoms with Crippen LogP contribution in [0.1, 0.15) is 50.2 Å². The predicted molar refractivity (Wildman–Crippen MR) is 139 cm³/mol. The maximum atomic E-state index is 13.7. The van der Waals surface area contributed by atoms with Gasteiger partial charge in [-0.25, -0.2) is 0 Å². The van der Waals surface area contributed by atoms with E-state index >= 15 is 0 Å². The Hall–Kier alpha value is -3.33. The first-order valence-electron chi connectivity index (χ1n) is 12.3. The molecule has 3 unspecified atom stereocenters. The number of rotatable bonds is 8. The van der Waals surface area contributed by atoms with Gasteiger partial charge in [0.25, 0.3) is 0 Å². The Balaban J connectivity index is 1.72. The number of benzene rings is 3. The third-order valence-electron chi connectivity index (χ3n) is 6.45. The van der Waals surface area contributed by atoms with Gasteiger partial charge < -0.3 is 14.2 Å². The van der Waals surface area contributed by atoms with Crippen molar-refractivity contribution in [2.45, 2.75) is 50.7 Å². The van der Waals surface area contributed by atoms with Crippen LogP contribution in [0.4, 0.5) is 0 Å². The van der Waals surface area contributed by atoms with E-state index in [0.717, 1.165) is 18.4 Å². The van der Waals surface area contributed by atoms with Crippen molar-refractivity contribution < 1.29 is 19.0 Å². The molecule has 1 heterocycles. The van der Waals surface area contributed by atoms with E-state index in [1.54, 1.807) is 30.3 Å². The number of ether oxygens (including phenoxy) is 3. The molecule has 1 fully saturated rings. The van der Waals surface area contributed by atoms with E-state index in [2.05, 4.69) is 6.07 Å². The standard InChI is InChI=1S/C30H30ClNO4/c1-21(2)28(22-14-16-24(31)17-15-22)29(33)36-30(20-32,27-13-6-7-18-34-27)23-9-8-12-26(19-23)35-25-10-4-3-5-11-25/h3-5,8-12,14-17,19,21,27-28H,6-7,13,18H2,1-2H3. The molecule has 1 aliphatic heterocycles. The van der Waals surface area contributed by atoms with Crippen molar-refractivity contribution in [3.8, 4) is 17.6 Å². The van der Waals surface area contributed by atoms with Crippen LogP contribution in [0.3, 0.4) is 0 Å². The van der Waals surface area contributed by atoms with Crippen LogP contribution in [-0.2, 0) is 19.9 Å². The summed E-state index contributed by atoms with van der Waals surface area (Å²) in [6.45, 7) is 4.43. The molecule has 1 aliphatic rings. The Morgan fingerprint density at radius 2 is 1.75 bits per heavy atom. The summed E-state index contributed by atoms with van der Waals surface area (Å²) in [6, 6.07) is 26.1. The first kappa shape index (κ1) is 25.8. The van der Waals surface area contributed by atoms with Crippen LogP contribution in [0.15, 0.2) is 78.9 Å². The molecule has 4 rings (SSSR count). The van der Waals surface area contributed by atoms with Crippen molar-refractivity contribution in [3.05, 3.63) is 95.0 Å². The number of hydrogen-bond acceptors (Lipinski definition) is 5. The van der Waals surface area contributed by atoms with Gasteiger partial charge in [0.1, 0.15) is 23.7 Å². The van der Waals surface area contributed by atoms with Crippen molar-refractivity contribution in [3.63, 3.8) is 0 Å². The second-order valence-electron chi connectivity index (χ2n) is 9.34. The van der Waals surface area contributed by atoms with Crippen molar-refractivity contribution in [1.29, 1.82) is 5.26 Å². The maximum Gasteiger partial charge on any atom is 0.315 e. The first-order valence-corrected chi connectivity index (χ1v) is 12.7. The summed E-state index contributed by atoms with van der Waals surface area (Å²) >= 11 is 6.07. The lowest BCUT2D eigenvalue weighted by molar-refractivity contribution is -0.177. The molecule has 6 heteroatoms. The Morgan fingerprint density at radius 3 is 2.39 bits per heavy atom. The third-order valence-corrected chi connectivity index (χ3v) is 6.70. The Morgan fingerprint density at radius 1 is 1.03 bits per heavy atom. The van der Waals surface area contributed by atoms with E-state index in [1.807, 2.05) is 62.4 Å². The van der Waals surface area contributed by atoms with Gasteiger partial charge in [-0.3, -0.25) is 4.79 Å². The fourth-order valence-electron chi connectivity index (χ4n) is 4.63. The molecule has 0 aromatic heterocycles. The zero-order chi connectivity index (χ0) is 25.5. The fraction of sp³-hybridized carbons (Fsp3) is 0.333. The molecule has 0 N–H and O–H groups in total. The monoisotopic (exact) mass is 503 g/mol. The number of halogens is 1. The lowest BCUT2D eigenvalue weighted by Gasteiger charge is -2.38. The molecule has 0 amide bonds. The molecule has 36 heavy (non-hydrogen) atoms. The van der Waals surface area contributed by atoms with Crippen LogP contribution in [0, 0.1) is 17.2 Å². The summed E-state index contributed by atoms with van der Waals surface area (Å²) in [5.41, 5.74) is -0.304. The Labute approximate surface area is 217 Å². The number of nitrogens with zero attached hydrogens (tertiary/aromatic N) is 1. The molecule has 0 spiro atoms. The van der Waals surface area contributed by atoms with E-state index in [1.165, 1.54) is 0 Å². The number of hydrogen-bond donors (Lipinski definition) is 0. The van der Waals surface area contributed by atoms with Crippen molar-refractivity contribution >= 4 is 17.6 Å². The van der Waals surface area contributed by atoms with Crippen molar-refractivity contribution in [1.82, 2.24) is 0 Å². The van der Waals surface area contributed by atoms with Crippen LogP contribution in [0.2, 0.25) is 5.02 Å². The molecular formula is C30H30ClNO4. The molecule has 0 bridgehead atoms. The topological polar surface area (TPSA) is 68.6 Å². The quantitative estimate of drug-likeness (QED) is 0.299. The van der Waals surface area contributed by atoms with Gasteiger partial charge in [0, 0.05) is 17.2 Å². The predicted octanol–water partition coefficient (Wildman–Crippen LogP) is 7.40. The van der Waals surface area contributed by atoms with Gasteiger partial charge in [0.15, 0.2) is 0 Å². The Kier molecular flexibility index (Phi) is 8.30. The van der Waals surface area contributed by atoms with Crippen LogP contribution in [0.5, 0.6) is 11.5 Å². The maximum absolute atomic E-state index is 13.7. The fourth-order valence-corrected chi connectivity index (χ4v) is 4.76. The second-order valence-corrected chi connectivity index (χ2v) is 9.78. The Bertz CT molecular complexity index is 1200. The highest BCUT2D eigenvalue weighted by molar-refractivity contribution is 6.30. The first-order chi connectivity index (χ1) is 17.4. The average molecular weight is 504 g/mol. The highest BCUT2D eigenvalue weighted by Gasteiger charge is 2.48. The molecule has 0 aliphatic carbocycles. The lowest BCUT2D eigenvalue weighted by Crippen LogP contribution is -2.46. The number of para-hydroxylation sites is 1. The molecule has 5 nitrogen and oxygen atoms in total. The van der Waals surface area contributed by atoms with Gasteiger partial charge in [-0.2, -0.15) is 5.26 Å². The smallest absolute Gasteiger partial charge is 0.315 e. The average Bonchev–Trinajstić information content (AvgIpc) is 2.90. The zero-order valence-electron chi connectivity index (χ0n) is 20.5. The van der Waals surface area contributed by atoms with Gasteiger partial charge in [-0.15, -0.1) is 0 Å². The third kappa shape index (κ3) is 5.73. The van der Waals surface area contributed by atoms with E-state index < -0.39 is 23.6 Å². The van der Waals surface area contributed by atoms with Gasteiger partial charge >= 0.3 is 5.97 Å². The largest absolute Gasteiger partial charge is 0.457 e. The van der Waals surface area contributed by atoms with Crippen LogP contribution < -0.4 is 4.74 Å². The lowest BCUT2D eigenvalue weighted by atomic mass is 9.84. The van der Waals surface area contributed by atoms with E-state index in [-0.39, 0.29) is 5.92 Å². The summed E-state index contributed by atoms with van der Waals surface area (Å²) in [5.74, 6) is 0.115. The molecule has 3 aromatic rings. The van der Waals surface area contributed by atoms with Crippen molar-refractivity contribution in [2.24, 2.45) is 5.92 Å². The minimum atomic E-state index is -1.62. The molecule has 3 atom stereocenters. The minimum absolute atomic E-state index is 0.0601. The zero-order valence-corrected chi connectivity index (χ0v) is 21.3. The summed E-state index contributed by atoms with van der Waals surface area (Å²) in [5, 5.41) is 11.2. The highest BCUT2D eigenvalue weighted by atomic mass is 35.5. The number of nitriles is 1. The highest BCUT2D eigenvalue weighted by Crippen LogP contribution is 2.40. The van der Waals surface area contributed by atoms with Gasteiger partial charge in [0.2, 0.25) is 5.60 Å². The van der Waals surface area contributed by atoms with Crippen LogP contribution >= 0.6 is 11.6 Å². The summed E-state index contributed by atoms with van der Waals surface area (Å²) < 4.78 is 18.3.